The highest BCUT2D eigenvalue weighted by Gasteiger charge is 2.42. The van der Waals surface area contributed by atoms with E-state index in [0.29, 0.717) is 5.91 Å². The second-order valence-corrected chi connectivity index (χ2v) is 10.1. The summed E-state index contributed by atoms with van der Waals surface area (Å²) in [4.78, 5) is 15.3. The molecule has 6 heteroatoms. The summed E-state index contributed by atoms with van der Waals surface area (Å²) in [5, 5.41) is 4.45. The van der Waals surface area contributed by atoms with E-state index < -0.39 is 0 Å². The first-order valence-electron chi connectivity index (χ1n) is 13.1. The SMILES string of the molecule is C#C.C#C.C1CCCCC1.C[NH2+]Cc1c(OC)ccc(Br)c1[C@@H]1C[NH2+]CC1C(=O)N1CCCCC1. The highest BCUT2D eigenvalue weighted by atomic mass is 79.9. The van der Waals surface area contributed by atoms with Gasteiger partial charge in [0, 0.05) is 17.6 Å². The van der Waals surface area contributed by atoms with E-state index in [1.54, 1.807) is 7.11 Å². The number of benzene rings is 1. The maximum atomic E-state index is 13.2. The number of methoxy groups -OCH3 is 1. The van der Waals surface area contributed by atoms with Crippen LogP contribution in [-0.2, 0) is 11.3 Å². The first-order chi connectivity index (χ1) is 17.2. The third kappa shape index (κ3) is 9.19. The molecule has 3 fully saturated rings. The Labute approximate surface area is 222 Å². The van der Waals surface area contributed by atoms with Crippen LogP contribution in [0.3, 0.4) is 0 Å². The van der Waals surface area contributed by atoms with Crippen molar-refractivity contribution in [2.75, 3.05) is 40.3 Å². The molecule has 0 bridgehead atoms. The van der Waals surface area contributed by atoms with Gasteiger partial charge in [0.2, 0.25) is 5.91 Å². The van der Waals surface area contributed by atoms with Crippen molar-refractivity contribution in [2.24, 2.45) is 5.92 Å². The van der Waals surface area contributed by atoms with E-state index in [0.717, 1.165) is 55.8 Å². The summed E-state index contributed by atoms with van der Waals surface area (Å²) in [6.45, 7) is 4.57. The molecule has 0 aromatic heterocycles. The fourth-order valence-corrected chi connectivity index (χ4v) is 6.07. The van der Waals surface area contributed by atoms with Gasteiger partial charge < -0.3 is 20.3 Å². The lowest BCUT2D eigenvalue weighted by atomic mass is 9.84. The first kappa shape index (κ1) is 31.0. The van der Waals surface area contributed by atoms with Crippen LogP contribution in [0, 0.1) is 31.6 Å². The number of nitrogens with two attached hydrogens (primary N) is 2. The lowest BCUT2D eigenvalue weighted by Gasteiger charge is -2.30. The van der Waals surface area contributed by atoms with Gasteiger partial charge in [0.1, 0.15) is 12.3 Å². The molecule has 5 nitrogen and oxygen atoms in total. The van der Waals surface area contributed by atoms with Gasteiger partial charge in [0.05, 0.1) is 44.6 Å². The van der Waals surface area contributed by atoms with Gasteiger partial charge >= 0.3 is 0 Å². The molecule has 1 aliphatic carbocycles. The van der Waals surface area contributed by atoms with Crippen LogP contribution in [0.5, 0.6) is 5.75 Å². The molecule has 2 atom stereocenters. The van der Waals surface area contributed by atoms with Crippen molar-refractivity contribution < 1.29 is 20.2 Å². The van der Waals surface area contributed by atoms with Crippen molar-refractivity contribution in [2.45, 2.75) is 70.3 Å². The van der Waals surface area contributed by atoms with E-state index in [4.69, 9.17) is 4.74 Å². The summed E-state index contributed by atoms with van der Waals surface area (Å²) >= 11 is 3.75. The van der Waals surface area contributed by atoms with E-state index >= 15 is 0 Å². The largest absolute Gasteiger partial charge is 0.496 e. The van der Waals surface area contributed by atoms with E-state index in [9.17, 15) is 4.79 Å². The molecule has 1 aromatic carbocycles. The Bertz CT molecular complexity index is 765. The number of ether oxygens (including phenoxy) is 1. The van der Waals surface area contributed by atoms with Gasteiger partial charge in [-0.3, -0.25) is 4.79 Å². The van der Waals surface area contributed by atoms with E-state index in [1.807, 2.05) is 6.07 Å². The van der Waals surface area contributed by atoms with Crippen molar-refractivity contribution in [3.05, 3.63) is 27.7 Å². The maximum Gasteiger partial charge on any atom is 0.232 e. The van der Waals surface area contributed by atoms with Crippen LogP contribution in [0.1, 0.15) is 74.8 Å². The summed E-state index contributed by atoms with van der Waals surface area (Å²) < 4.78 is 6.72. The fraction of sp³-hybridized carbons (Fsp3) is 0.621. The Morgan fingerprint density at radius 1 is 1.00 bits per heavy atom. The zero-order valence-electron chi connectivity index (χ0n) is 21.8. The number of halogens is 1. The predicted octanol–water partition coefficient (Wildman–Crippen LogP) is 3.28. The van der Waals surface area contributed by atoms with Gasteiger partial charge in [-0.2, -0.15) is 0 Å². The molecular weight excluding hydrogens is 502 g/mol. The molecule has 1 amide bonds. The topological polar surface area (TPSA) is 62.8 Å². The Hall–Kier alpha value is -1.99. The lowest BCUT2D eigenvalue weighted by molar-refractivity contribution is -0.643. The van der Waals surface area contributed by atoms with E-state index in [-0.39, 0.29) is 11.8 Å². The molecule has 4 N–H and O–H groups in total. The molecular formula is C29H46BrN3O2+2. The summed E-state index contributed by atoms with van der Waals surface area (Å²) in [7, 11) is 3.80. The second-order valence-electron chi connectivity index (χ2n) is 9.23. The third-order valence-electron chi connectivity index (χ3n) is 7.07. The van der Waals surface area contributed by atoms with Crippen molar-refractivity contribution in [3.63, 3.8) is 0 Å². The van der Waals surface area contributed by atoms with Crippen molar-refractivity contribution in [1.82, 2.24) is 4.90 Å². The number of hydrogen-bond donors (Lipinski definition) is 2. The average Bonchev–Trinajstić information content (AvgIpc) is 3.42. The van der Waals surface area contributed by atoms with Crippen LogP contribution in [0.4, 0.5) is 0 Å². The molecule has 2 saturated heterocycles. The number of quaternary nitrogens is 2. The fourth-order valence-electron chi connectivity index (χ4n) is 5.41. The molecule has 1 unspecified atom stereocenters. The Balaban J connectivity index is 0.000000519. The number of carbonyl (C=O) groups excluding carboxylic acids is 1. The van der Waals surface area contributed by atoms with Crippen LogP contribution in [-0.4, -0.2) is 51.1 Å². The number of nitrogens with zero attached hydrogens (tertiary/aromatic N) is 1. The second kappa shape index (κ2) is 18.3. The maximum absolute atomic E-state index is 13.2. The highest BCUT2D eigenvalue weighted by molar-refractivity contribution is 9.10. The minimum absolute atomic E-state index is 0.0668. The molecule has 1 saturated carbocycles. The number of terminal acetylenes is 2. The van der Waals surface area contributed by atoms with Gasteiger partial charge in [0.15, 0.2) is 0 Å². The predicted molar refractivity (Wildman–Crippen MR) is 148 cm³/mol. The summed E-state index contributed by atoms with van der Waals surface area (Å²) in [5.41, 5.74) is 2.48. The van der Waals surface area contributed by atoms with Gasteiger partial charge in [0.25, 0.3) is 0 Å². The van der Waals surface area contributed by atoms with Gasteiger partial charge in [-0.05, 0) is 37.0 Å². The van der Waals surface area contributed by atoms with Crippen LogP contribution in [0.25, 0.3) is 0 Å². The molecule has 4 rings (SSSR count). The summed E-state index contributed by atoms with van der Waals surface area (Å²) in [5.74, 6) is 1.58. The molecule has 0 spiro atoms. The van der Waals surface area contributed by atoms with Crippen molar-refractivity contribution >= 4 is 21.8 Å². The molecule has 0 radical (unpaired) electrons. The number of hydrogen-bond acceptors (Lipinski definition) is 2. The zero-order chi connectivity index (χ0) is 26.1. The van der Waals surface area contributed by atoms with Gasteiger partial charge in [-0.25, -0.2) is 0 Å². The first-order valence-corrected chi connectivity index (χ1v) is 13.9. The van der Waals surface area contributed by atoms with Crippen LogP contribution in [0.15, 0.2) is 16.6 Å². The quantitative estimate of drug-likeness (QED) is 0.555. The Morgan fingerprint density at radius 3 is 2.06 bits per heavy atom. The number of rotatable bonds is 5. The van der Waals surface area contributed by atoms with Gasteiger partial charge in [-0.1, -0.05) is 54.5 Å². The standard InChI is InChI=1S/C19H28BrN3O2.C6H12.2C2H2/c1-21-10-15-17(25-2)7-6-16(20)18(15)13-11-22-12-14(13)19(24)23-8-4-3-5-9-23;1-2-4-6-5-3-1;2*1-2/h6-7,13-14,21-22H,3-5,8-12H2,1-2H3;1-6H2;2*1-2H/p+2/t13-,14?;;;/m1.../s1. The molecule has 2 aliphatic heterocycles. The molecule has 194 valence electrons. The lowest BCUT2D eigenvalue weighted by Crippen LogP contribution is -2.81. The number of likely N-dealkylation sites (tertiary alicyclic amines) is 1. The van der Waals surface area contributed by atoms with Gasteiger partial charge in [-0.15, -0.1) is 25.7 Å². The van der Waals surface area contributed by atoms with E-state index in [2.05, 4.69) is 70.3 Å². The molecule has 2 heterocycles. The Morgan fingerprint density at radius 2 is 1.54 bits per heavy atom. The van der Waals surface area contributed by atoms with Crippen LogP contribution >= 0.6 is 15.9 Å². The van der Waals surface area contributed by atoms with Crippen LogP contribution in [0.2, 0.25) is 0 Å². The summed E-state index contributed by atoms with van der Waals surface area (Å²) in [6, 6.07) is 4.08. The molecule has 3 aliphatic rings. The minimum atomic E-state index is 0.0668. The Kier molecular flexibility index (Phi) is 16.2. The minimum Gasteiger partial charge on any atom is -0.496 e. The zero-order valence-corrected chi connectivity index (χ0v) is 23.4. The molecule has 35 heavy (non-hydrogen) atoms. The molecule has 1 aromatic rings. The number of piperidine rings is 1. The summed E-state index contributed by atoms with van der Waals surface area (Å²) in [6.07, 6.45) is 28.5. The smallest absolute Gasteiger partial charge is 0.232 e. The van der Waals surface area contributed by atoms with Crippen molar-refractivity contribution in [3.8, 4) is 31.4 Å². The number of carbonyl (C=O) groups is 1. The number of amides is 1. The van der Waals surface area contributed by atoms with Crippen LogP contribution < -0.4 is 15.4 Å². The third-order valence-corrected chi connectivity index (χ3v) is 7.76. The van der Waals surface area contributed by atoms with E-state index in [1.165, 1.54) is 56.1 Å². The average molecular weight is 549 g/mol. The monoisotopic (exact) mass is 547 g/mol. The van der Waals surface area contributed by atoms with Crippen molar-refractivity contribution in [1.29, 1.82) is 0 Å². The normalized spacial score (nSPS) is 21.2. The highest BCUT2D eigenvalue weighted by Crippen LogP contribution is 2.38.